The molecule has 0 unspecified atom stereocenters. The summed E-state index contributed by atoms with van der Waals surface area (Å²) in [7, 11) is 0. The molecule has 0 aliphatic carbocycles. The van der Waals surface area contributed by atoms with Crippen molar-refractivity contribution < 1.29 is 9.72 Å². The molecule has 0 saturated heterocycles. The summed E-state index contributed by atoms with van der Waals surface area (Å²) in [5, 5.41) is 12.2. The van der Waals surface area contributed by atoms with Crippen molar-refractivity contribution in [3.63, 3.8) is 0 Å². The number of aromatic nitrogens is 2. The third-order valence-corrected chi connectivity index (χ3v) is 2.30. The monoisotopic (exact) mass is 197 g/mol. The highest BCUT2D eigenvalue weighted by molar-refractivity contribution is 7.15. The Kier molecular flexibility index (Phi) is 1.59. The Morgan fingerprint density at radius 1 is 1.69 bits per heavy atom. The number of thiazole rings is 1. The number of hydrogen-bond acceptors (Lipinski definition) is 5. The topological polar surface area (TPSA) is 77.5 Å². The minimum Gasteiger partial charge on any atom is -0.358 e. The zero-order valence-corrected chi connectivity index (χ0v) is 7.02. The number of rotatable bonds is 2. The summed E-state index contributed by atoms with van der Waals surface area (Å²) < 4.78 is 1.29. The molecule has 2 heterocycles. The van der Waals surface area contributed by atoms with E-state index in [0.717, 1.165) is 0 Å². The molecule has 2 aromatic heterocycles. The molecule has 0 aliphatic rings. The van der Waals surface area contributed by atoms with Crippen molar-refractivity contribution in [3.8, 4) is 0 Å². The molecule has 0 N–H and O–H groups in total. The van der Waals surface area contributed by atoms with Crippen LogP contribution in [0.3, 0.4) is 0 Å². The third-order valence-electron chi connectivity index (χ3n) is 1.55. The van der Waals surface area contributed by atoms with Gasteiger partial charge in [-0.1, -0.05) is 11.3 Å². The fourth-order valence-electron chi connectivity index (χ4n) is 1.05. The minimum atomic E-state index is -0.615. The first-order valence-corrected chi connectivity index (χ1v) is 4.17. The second-order valence-corrected chi connectivity index (χ2v) is 3.12. The first-order valence-electron chi connectivity index (χ1n) is 3.29. The fourth-order valence-corrected chi connectivity index (χ4v) is 1.77. The molecule has 0 radical (unpaired) electrons. The van der Waals surface area contributed by atoms with E-state index in [0.29, 0.717) is 11.2 Å². The molecule has 6 nitrogen and oxygen atoms in total. The van der Waals surface area contributed by atoms with E-state index >= 15 is 0 Å². The molecular weight excluding hydrogens is 194 g/mol. The van der Waals surface area contributed by atoms with Crippen molar-refractivity contribution in [2.45, 2.75) is 0 Å². The van der Waals surface area contributed by atoms with Gasteiger partial charge in [0.2, 0.25) is 5.69 Å². The van der Waals surface area contributed by atoms with Gasteiger partial charge in [0, 0.05) is 5.38 Å². The molecule has 0 fully saturated rings. The molecule has 0 bridgehead atoms. The van der Waals surface area contributed by atoms with E-state index in [4.69, 9.17) is 0 Å². The Balaban J connectivity index is 2.84. The Bertz CT molecular complexity index is 486. The number of carbonyl (C=O) groups excluding carboxylic acids is 1. The lowest BCUT2D eigenvalue weighted by atomic mass is 10.5. The van der Waals surface area contributed by atoms with Crippen molar-refractivity contribution in [1.29, 1.82) is 0 Å². The predicted molar refractivity (Wildman–Crippen MR) is 45.1 cm³/mol. The van der Waals surface area contributed by atoms with Crippen LogP contribution in [0.5, 0.6) is 0 Å². The summed E-state index contributed by atoms with van der Waals surface area (Å²) in [5.41, 5.74) is -0.128. The second-order valence-electron chi connectivity index (χ2n) is 2.25. The van der Waals surface area contributed by atoms with Gasteiger partial charge in [0.05, 0.1) is 0 Å². The van der Waals surface area contributed by atoms with Crippen molar-refractivity contribution in [2.75, 3.05) is 0 Å². The van der Waals surface area contributed by atoms with Crippen LogP contribution in [-0.4, -0.2) is 20.6 Å². The van der Waals surface area contributed by atoms with Gasteiger partial charge in [-0.05, 0) is 4.92 Å². The average molecular weight is 197 g/mol. The van der Waals surface area contributed by atoms with E-state index in [2.05, 4.69) is 4.98 Å². The third kappa shape index (κ3) is 1.01. The van der Waals surface area contributed by atoms with Gasteiger partial charge in [-0.25, -0.2) is 0 Å². The lowest BCUT2D eigenvalue weighted by molar-refractivity contribution is -0.390. The summed E-state index contributed by atoms with van der Waals surface area (Å²) in [4.78, 5) is 24.6. The van der Waals surface area contributed by atoms with Gasteiger partial charge in [0.1, 0.15) is 6.20 Å². The second kappa shape index (κ2) is 2.63. The van der Waals surface area contributed by atoms with Gasteiger partial charge in [0.25, 0.3) is 4.96 Å². The molecule has 0 atom stereocenters. The highest BCUT2D eigenvalue weighted by Crippen LogP contribution is 2.22. The Hall–Kier alpha value is -1.76. The fraction of sp³-hybridized carbons (Fsp3) is 0. The number of aldehydes is 1. The molecule has 13 heavy (non-hydrogen) atoms. The van der Waals surface area contributed by atoms with Gasteiger partial charge >= 0.3 is 5.82 Å². The maximum Gasteiger partial charge on any atom is 0.359 e. The van der Waals surface area contributed by atoms with Crippen molar-refractivity contribution in [2.24, 2.45) is 0 Å². The Morgan fingerprint density at radius 3 is 3.08 bits per heavy atom. The zero-order valence-electron chi connectivity index (χ0n) is 6.21. The van der Waals surface area contributed by atoms with E-state index in [1.54, 1.807) is 5.38 Å². The molecule has 2 rings (SSSR count). The van der Waals surface area contributed by atoms with Gasteiger partial charge in [-0.3, -0.25) is 4.79 Å². The smallest absolute Gasteiger partial charge is 0.358 e. The molecule has 0 amide bonds. The molecule has 0 saturated carbocycles. The number of hydrogen-bond donors (Lipinski definition) is 0. The molecule has 2 aromatic rings. The van der Waals surface area contributed by atoms with Crippen molar-refractivity contribution in [1.82, 2.24) is 9.38 Å². The number of carbonyl (C=O) groups is 1. The van der Waals surface area contributed by atoms with Crippen LogP contribution in [0.25, 0.3) is 4.96 Å². The highest BCUT2D eigenvalue weighted by Gasteiger charge is 2.22. The highest BCUT2D eigenvalue weighted by atomic mass is 32.1. The van der Waals surface area contributed by atoms with Gasteiger partial charge in [-0.15, -0.1) is 0 Å². The minimum absolute atomic E-state index is 0.128. The molecule has 0 aromatic carbocycles. The normalized spacial score (nSPS) is 10.5. The maximum absolute atomic E-state index is 10.5. The average Bonchev–Trinajstić information content (AvgIpc) is 2.59. The number of nitro groups is 1. The van der Waals surface area contributed by atoms with E-state index in [-0.39, 0.29) is 11.5 Å². The molecule has 7 heteroatoms. The van der Waals surface area contributed by atoms with Crippen LogP contribution in [0.15, 0.2) is 11.6 Å². The van der Waals surface area contributed by atoms with Crippen LogP contribution in [0.1, 0.15) is 10.5 Å². The summed E-state index contributed by atoms with van der Waals surface area (Å²) in [6.45, 7) is 0. The van der Waals surface area contributed by atoms with Crippen molar-refractivity contribution in [3.05, 3.63) is 27.4 Å². The first-order chi connectivity index (χ1) is 6.24. The lowest BCUT2D eigenvalue weighted by Gasteiger charge is -1.89. The van der Waals surface area contributed by atoms with E-state index < -0.39 is 4.92 Å². The first kappa shape index (κ1) is 7.87. The largest absolute Gasteiger partial charge is 0.359 e. The van der Waals surface area contributed by atoms with Crippen LogP contribution in [0.4, 0.5) is 5.82 Å². The van der Waals surface area contributed by atoms with E-state index in [1.807, 2.05) is 0 Å². The van der Waals surface area contributed by atoms with Crippen LogP contribution in [0, 0.1) is 10.1 Å². The Morgan fingerprint density at radius 2 is 2.46 bits per heavy atom. The predicted octanol–water partition coefficient (Wildman–Crippen LogP) is 1.12. The van der Waals surface area contributed by atoms with Crippen molar-refractivity contribution >= 4 is 28.4 Å². The quantitative estimate of drug-likeness (QED) is 0.410. The van der Waals surface area contributed by atoms with Gasteiger partial charge in [-0.2, -0.15) is 9.38 Å². The maximum atomic E-state index is 10.5. The zero-order chi connectivity index (χ0) is 9.42. The SMILES string of the molecule is O=Cc1nc2sccn2c1[N+](=O)[O-]. The summed E-state index contributed by atoms with van der Waals surface area (Å²) in [6, 6.07) is 0. The van der Waals surface area contributed by atoms with Crippen LogP contribution in [-0.2, 0) is 0 Å². The number of fused-ring (bicyclic) bond motifs is 1. The van der Waals surface area contributed by atoms with Crippen LogP contribution in [0.2, 0.25) is 0 Å². The standard InChI is InChI=1S/C6H3N3O3S/c10-3-4-5(9(11)12)8-1-2-13-6(8)7-4/h1-3H. The Labute approximate surface area is 75.6 Å². The summed E-state index contributed by atoms with van der Waals surface area (Å²) in [6.07, 6.45) is 1.90. The van der Waals surface area contributed by atoms with E-state index in [9.17, 15) is 14.9 Å². The van der Waals surface area contributed by atoms with Crippen LogP contribution < -0.4 is 0 Å². The molecule has 0 spiro atoms. The summed E-state index contributed by atoms with van der Waals surface area (Å²) >= 11 is 1.24. The molecule has 66 valence electrons. The number of imidazole rings is 1. The molecular formula is C6H3N3O3S. The molecule has 0 aliphatic heterocycles. The lowest BCUT2D eigenvalue weighted by Crippen LogP contribution is -1.95. The van der Waals surface area contributed by atoms with Gasteiger partial charge in [0.15, 0.2) is 6.29 Å². The number of nitrogens with zero attached hydrogens (tertiary/aromatic N) is 3. The van der Waals surface area contributed by atoms with Gasteiger partial charge < -0.3 is 10.1 Å². The van der Waals surface area contributed by atoms with Crippen LogP contribution >= 0.6 is 11.3 Å². The van der Waals surface area contributed by atoms with E-state index in [1.165, 1.54) is 21.9 Å². The summed E-state index contributed by atoms with van der Waals surface area (Å²) in [5.74, 6) is -0.272.